The smallest absolute Gasteiger partial charge is 0.261 e. The molecule has 0 aliphatic rings. The maximum Gasteiger partial charge on any atom is 0.261 e. The monoisotopic (exact) mass is 440 g/mol. The van der Waals surface area contributed by atoms with E-state index in [1.807, 2.05) is 36.4 Å². The highest BCUT2D eigenvalue weighted by molar-refractivity contribution is 9.11. The van der Waals surface area contributed by atoms with Gasteiger partial charge in [-0.1, -0.05) is 17.3 Å². The number of hydrogen-bond donors (Lipinski definition) is 1. The molecule has 0 aliphatic carbocycles. The quantitative estimate of drug-likeness (QED) is 0.584. The first-order valence-corrected chi connectivity index (χ1v) is 8.74. The van der Waals surface area contributed by atoms with Crippen LogP contribution in [0.2, 0.25) is 0 Å². The molecule has 7 heteroatoms. The molecule has 0 spiro atoms. The highest BCUT2D eigenvalue weighted by Gasteiger charge is 2.23. The summed E-state index contributed by atoms with van der Waals surface area (Å²) in [5.74, 6) is 0.245. The van der Waals surface area contributed by atoms with E-state index in [4.69, 9.17) is 4.52 Å². The first-order chi connectivity index (χ1) is 10.6. The van der Waals surface area contributed by atoms with Crippen LogP contribution in [0.25, 0.3) is 10.6 Å². The van der Waals surface area contributed by atoms with Gasteiger partial charge in [-0.25, -0.2) is 0 Å². The first kappa shape index (κ1) is 15.5. The second-order valence-electron chi connectivity index (χ2n) is 4.50. The topological polar surface area (TPSA) is 55.1 Å². The molecular formula is C15H10Br2N2O2S. The molecule has 0 fully saturated rings. The average Bonchev–Trinajstić information content (AvgIpc) is 3.07. The van der Waals surface area contributed by atoms with E-state index in [2.05, 4.69) is 42.3 Å². The number of aryl methyl sites for hydroxylation is 1. The molecular weight excluding hydrogens is 432 g/mol. The van der Waals surface area contributed by atoms with Gasteiger partial charge in [0.1, 0.15) is 17.0 Å². The Morgan fingerprint density at radius 3 is 2.68 bits per heavy atom. The Morgan fingerprint density at radius 2 is 2.00 bits per heavy atom. The molecule has 3 aromatic rings. The minimum Gasteiger partial charge on any atom is -0.360 e. The summed E-state index contributed by atoms with van der Waals surface area (Å²) < 4.78 is 7.01. The van der Waals surface area contributed by atoms with Gasteiger partial charge in [0.15, 0.2) is 0 Å². The van der Waals surface area contributed by atoms with Crippen LogP contribution in [0.15, 0.2) is 49.2 Å². The number of aromatic nitrogens is 1. The standard InChI is InChI=1S/C15H10Br2N2O2S/c1-8-13(14(19-21-8)11-6-7-12(17)22-11)15(20)18-10-5-3-2-4-9(10)16/h2-7H,1H3,(H,18,20). The fourth-order valence-electron chi connectivity index (χ4n) is 2.00. The predicted molar refractivity (Wildman–Crippen MR) is 94.3 cm³/mol. The van der Waals surface area contributed by atoms with Crippen LogP contribution < -0.4 is 5.32 Å². The molecule has 112 valence electrons. The van der Waals surface area contributed by atoms with Gasteiger partial charge in [0.2, 0.25) is 0 Å². The van der Waals surface area contributed by atoms with Crippen molar-refractivity contribution in [3.63, 3.8) is 0 Å². The average molecular weight is 442 g/mol. The van der Waals surface area contributed by atoms with Gasteiger partial charge in [-0.15, -0.1) is 11.3 Å². The Hall–Kier alpha value is -1.44. The lowest BCUT2D eigenvalue weighted by Gasteiger charge is -2.07. The fraction of sp³-hybridized carbons (Fsp3) is 0.0667. The molecule has 2 heterocycles. The minimum atomic E-state index is -0.245. The normalized spacial score (nSPS) is 10.7. The Balaban J connectivity index is 1.96. The zero-order valence-electron chi connectivity index (χ0n) is 11.4. The Morgan fingerprint density at radius 1 is 1.23 bits per heavy atom. The van der Waals surface area contributed by atoms with Gasteiger partial charge in [-0.3, -0.25) is 4.79 Å². The van der Waals surface area contributed by atoms with E-state index >= 15 is 0 Å². The number of anilines is 1. The van der Waals surface area contributed by atoms with Crippen LogP contribution in [-0.4, -0.2) is 11.1 Å². The molecule has 0 radical (unpaired) electrons. The van der Waals surface area contributed by atoms with E-state index in [0.29, 0.717) is 22.7 Å². The largest absolute Gasteiger partial charge is 0.360 e. The maximum atomic E-state index is 12.6. The number of nitrogens with zero attached hydrogens (tertiary/aromatic N) is 1. The SMILES string of the molecule is Cc1onc(-c2ccc(Br)s2)c1C(=O)Nc1ccccc1Br. The van der Waals surface area contributed by atoms with Crippen molar-refractivity contribution < 1.29 is 9.32 Å². The zero-order chi connectivity index (χ0) is 15.7. The molecule has 2 aromatic heterocycles. The van der Waals surface area contributed by atoms with Gasteiger partial charge < -0.3 is 9.84 Å². The Bertz CT molecular complexity index is 842. The van der Waals surface area contributed by atoms with E-state index in [1.54, 1.807) is 6.92 Å². The molecule has 22 heavy (non-hydrogen) atoms. The first-order valence-electron chi connectivity index (χ1n) is 6.34. The number of hydrogen-bond acceptors (Lipinski definition) is 4. The number of nitrogens with one attached hydrogen (secondary N) is 1. The number of carbonyl (C=O) groups excluding carboxylic acids is 1. The summed E-state index contributed by atoms with van der Waals surface area (Å²) >= 11 is 8.33. The van der Waals surface area contributed by atoms with Crippen molar-refractivity contribution in [3.8, 4) is 10.6 Å². The van der Waals surface area contributed by atoms with Crippen molar-refractivity contribution in [2.75, 3.05) is 5.32 Å². The van der Waals surface area contributed by atoms with Gasteiger partial charge in [-0.05, 0) is 63.0 Å². The summed E-state index contributed by atoms with van der Waals surface area (Å²) in [6.45, 7) is 1.73. The maximum absolute atomic E-state index is 12.6. The van der Waals surface area contributed by atoms with Crippen molar-refractivity contribution in [3.05, 3.63) is 56.0 Å². The van der Waals surface area contributed by atoms with Crippen LogP contribution in [0, 0.1) is 6.92 Å². The summed E-state index contributed by atoms with van der Waals surface area (Å²) in [6.07, 6.45) is 0. The predicted octanol–water partition coefficient (Wildman–Crippen LogP) is 5.49. The van der Waals surface area contributed by atoms with Crippen molar-refractivity contribution in [2.24, 2.45) is 0 Å². The van der Waals surface area contributed by atoms with Crippen molar-refractivity contribution >= 4 is 54.8 Å². The molecule has 0 aliphatic heterocycles. The number of thiophene rings is 1. The van der Waals surface area contributed by atoms with Gasteiger partial charge in [0.25, 0.3) is 5.91 Å². The van der Waals surface area contributed by atoms with Gasteiger partial charge in [0, 0.05) is 4.47 Å². The van der Waals surface area contributed by atoms with Crippen LogP contribution in [0.1, 0.15) is 16.1 Å². The summed E-state index contributed by atoms with van der Waals surface area (Å²) in [5.41, 5.74) is 1.70. The summed E-state index contributed by atoms with van der Waals surface area (Å²) in [5, 5.41) is 6.90. The lowest BCUT2D eigenvalue weighted by Crippen LogP contribution is -2.13. The van der Waals surface area contributed by atoms with Gasteiger partial charge in [-0.2, -0.15) is 0 Å². The number of para-hydroxylation sites is 1. The third-order valence-electron chi connectivity index (χ3n) is 3.02. The van der Waals surface area contributed by atoms with E-state index in [9.17, 15) is 4.79 Å². The van der Waals surface area contributed by atoms with Crippen LogP contribution in [-0.2, 0) is 0 Å². The van der Waals surface area contributed by atoms with E-state index in [1.165, 1.54) is 11.3 Å². The highest BCUT2D eigenvalue weighted by atomic mass is 79.9. The molecule has 4 nitrogen and oxygen atoms in total. The van der Waals surface area contributed by atoms with E-state index < -0.39 is 0 Å². The zero-order valence-corrected chi connectivity index (χ0v) is 15.4. The van der Waals surface area contributed by atoms with E-state index in [-0.39, 0.29) is 5.91 Å². The third-order valence-corrected chi connectivity index (χ3v) is 5.34. The summed E-state index contributed by atoms with van der Waals surface area (Å²) in [7, 11) is 0. The van der Waals surface area contributed by atoms with Crippen molar-refractivity contribution in [2.45, 2.75) is 6.92 Å². The Labute approximate surface area is 147 Å². The molecule has 0 saturated carbocycles. The number of halogens is 2. The summed E-state index contributed by atoms with van der Waals surface area (Å²) in [6, 6.07) is 11.3. The Kier molecular flexibility index (Phi) is 4.46. The highest BCUT2D eigenvalue weighted by Crippen LogP contribution is 2.34. The lowest BCUT2D eigenvalue weighted by molar-refractivity contribution is 0.102. The molecule has 0 bridgehead atoms. The molecule has 0 unspecified atom stereocenters. The fourth-order valence-corrected chi connectivity index (χ4v) is 3.75. The number of carbonyl (C=O) groups is 1. The molecule has 0 saturated heterocycles. The second-order valence-corrected chi connectivity index (χ2v) is 7.82. The molecule has 1 N–H and O–H groups in total. The lowest BCUT2D eigenvalue weighted by atomic mass is 10.1. The minimum absolute atomic E-state index is 0.245. The number of amides is 1. The second kappa shape index (κ2) is 6.36. The summed E-state index contributed by atoms with van der Waals surface area (Å²) in [4.78, 5) is 13.5. The number of rotatable bonds is 3. The van der Waals surface area contributed by atoms with Crippen molar-refractivity contribution in [1.29, 1.82) is 0 Å². The van der Waals surface area contributed by atoms with Crippen molar-refractivity contribution in [1.82, 2.24) is 5.16 Å². The van der Waals surface area contributed by atoms with Gasteiger partial charge in [0.05, 0.1) is 14.4 Å². The molecule has 1 amide bonds. The van der Waals surface area contributed by atoms with Crippen LogP contribution >= 0.6 is 43.2 Å². The van der Waals surface area contributed by atoms with Crippen LogP contribution in [0.4, 0.5) is 5.69 Å². The van der Waals surface area contributed by atoms with Crippen LogP contribution in [0.5, 0.6) is 0 Å². The third kappa shape index (κ3) is 3.02. The van der Waals surface area contributed by atoms with Gasteiger partial charge >= 0.3 is 0 Å². The molecule has 3 rings (SSSR count). The molecule has 0 atom stereocenters. The molecule has 1 aromatic carbocycles. The van der Waals surface area contributed by atoms with Crippen LogP contribution in [0.3, 0.4) is 0 Å². The van der Waals surface area contributed by atoms with E-state index in [0.717, 1.165) is 13.1 Å². The number of benzene rings is 1.